The fourth-order valence-corrected chi connectivity index (χ4v) is 2.09. The number of para-hydroxylation sites is 1. The lowest BCUT2D eigenvalue weighted by molar-refractivity contribution is 0.340. The predicted octanol–water partition coefficient (Wildman–Crippen LogP) is 3.14. The fourth-order valence-electron chi connectivity index (χ4n) is 1.49. The van der Waals surface area contributed by atoms with Crippen LogP contribution in [0.25, 0.3) is 11.5 Å². The molecule has 0 aliphatic heterocycles. The zero-order chi connectivity index (χ0) is 13.5. The number of nitriles is 1. The van der Waals surface area contributed by atoms with Crippen LogP contribution in [-0.2, 0) is 0 Å². The van der Waals surface area contributed by atoms with Crippen LogP contribution in [0.4, 0.5) is 0 Å². The highest BCUT2D eigenvalue weighted by molar-refractivity contribution is 7.99. The summed E-state index contributed by atoms with van der Waals surface area (Å²) in [5.41, 5.74) is 0.781. The van der Waals surface area contributed by atoms with Crippen LogP contribution in [-0.4, -0.2) is 22.6 Å². The molecule has 0 aliphatic rings. The largest absolute Gasteiger partial charge is 0.493 e. The van der Waals surface area contributed by atoms with Crippen LogP contribution in [0.5, 0.6) is 5.75 Å². The molecule has 0 bridgehead atoms. The van der Waals surface area contributed by atoms with Crippen LogP contribution >= 0.6 is 11.8 Å². The number of aromatic nitrogens is 2. The van der Waals surface area contributed by atoms with Gasteiger partial charge in [-0.15, -0.1) is 10.2 Å². The van der Waals surface area contributed by atoms with Crippen LogP contribution in [0.1, 0.15) is 13.3 Å². The average molecular weight is 275 g/mol. The third-order valence-corrected chi connectivity index (χ3v) is 3.08. The van der Waals surface area contributed by atoms with Crippen molar-refractivity contribution in [1.29, 1.82) is 5.26 Å². The van der Waals surface area contributed by atoms with E-state index in [0.29, 0.717) is 29.9 Å². The summed E-state index contributed by atoms with van der Waals surface area (Å²) < 4.78 is 11.1. The minimum atomic E-state index is 0.434. The Bertz CT molecular complexity index is 577. The molecular weight excluding hydrogens is 262 g/mol. The van der Waals surface area contributed by atoms with Crippen LogP contribution in [0.15, 0.2) is 33.9 Å². The SMILES string of the molecule is CCOc1ccccc1-c1nnc(SCCC#N)o1. The molecule has 6 heteroatoms. The van der Waals surface area contributed by atoms with Crippen LogP contribution in [0, 0.1) is 11.3 Å². The van der Waals surface area contributed by atoms with Crippen molar-refractivity contribution in [3.63, 3.8) is 0 Å². The molecule has 2 aromatic rings. The number of thioether (sulfide) groups is 1. The quantitative estimate of drug-likeness (QED) is 0.595. The number of benzene rings is 1. The highest BCUT2D eigenvalue weighted by Gasteiger charge is 2.13. The van der Waals surface area contributed by atoms with Gasteiger partial charge in [-0.25, -0.2) is 0 Å². The average Bonchev–Trinajstić information content (AvgIpc) is 2.89. The smallest absolute Gasteiger partial charge is 0.276 e. The van der Waals surface area contributed by atoms with Crippen LogP contribution in [0.2, 0.25) is 0 Å². The number of rotatable bonds is 6. The molecule has 1 aromatic carbocycles. The van der Waals surface area contributed by atoms with Crippen molar-refractivity contribution in [3.8, 4) is 23.3 Å². The summed E-state index contributed by atoms with van der Waals surface area (Å²) in [5.74, 6) is 1.80. The summed E-state index contributed by atoms with van der Waals surface area (Å²) in [5, 5.41) is 16.9. The lowest BCUT2D eigenvalue weighted by Gasteiger charge is -2.05. The summed E-state index contributed by atoms with van der Waals surface area (Å²) in [6.07, 6.45) is 0.456. The van der Waals surface area contributed by atoms with Crippen molar-refractivity contribution in [2.45, 2.75) is 18.6 Å². The second kappa shape index (κ2) is 6.81. The zero-order valence-electron chi connectivity index (χ0n) is 10.5. The van der Waals surface area contributed by atoms with Gasteiger partial charge in [-0.1, -0.05) is 23.9 Å². The highest BCUT2D eigenvalue weighted by atomic mass is 32.2. The predicted molar refractivity (Wildman–Crippen MR) is 71.9 cm³/mol. The van der Waals surface area contributed by atoms with Crippen LogP contribution < -0.4 is 4.74 Å². The van der Waals surface area contributed by atoms with Gasteiger partial charge in [0.1, 0.15) is 5.75 Å². The first-order valence-electron chi connectivity index (χ1n) is 5.90. The second-order valence-corrected chi connectivity index (χ2v) is 4.61. The van der Waals surface area contributed by atoms with Gasteiger partial charge < -0.3 is 9.15 Å². The maximum atomic E-state index is 8.48. The van der Waals surface area contributed by atoms with E-state index in [4.69, 9.17) is 14.4 Å². The summed E-state index contributed by atoms with van der Waals surface area (Å²) in [7, 11) is 0. The number of hydrogen-bond acceptors (Lipinski definition) is 6. The Hall–Kier alpha value is -2.00. The van der Waals surface area contributed by atoms with E-state index < -0.39 is 0 Å². The second-order valence-electron chi connectivity index (χ2n) is 3.56. The highest BCUT2D eigenvalue weighted by Crippen LogP contribution is 2.30. The Balaban J connectivity index is 2.16. The van der Waals surface area contributed by atoms with Crippen LogP contribution in [0.3, 0.4) is 0 Å². The van der Waals surface area contributed by atoms with Gasteiger partial charge in [0.25, 0.3) is 11.1 Å². The molecular formula is C13H13N3O2S. The molecule has 0 amide bonds. The summed E-state index contributed by atoms with van der Waals surface area (Å²) in [6.45, 7) is 2.50. The fraction of sp³-hybridized carbons (Fsp3) is 0.308. The molecule has 0 aliphatic carbocycles. The summed E-state index contributed by atoms with van der Waals surface area (Å²) >= 11 is 1.38. The molecule has 0 unspecified atom stereocenters. The normalized spacial score (nSPS) is 10.1. The number of nitrogens with zero attached hydrogens (tertiary/aromatic N) is 3. The topological polar surface area (TPSA) is 71.9 Å². The Morgan fingerprint density at radius 2 is 2.21 bits per heavy atom. The first kappa shape index (κ1) is 13.4. The van der Waals surface area contributed by atoms with Gasteiger partial charge in [0.2, 0.25) is 0 Å². The molecule has 0 N–H and O–H groups in total. The minimum Gasteiger partial charge on any atom is -0.493 e. The van der Waals surface area contributed by atoms with Crippen molar-refractivity contribution in [3.05, 3.63) is 24.3 Å². The minimum absolute atomic E-state index is 0.434. The van der Waals surface area contributed by atoms with E-state index in [0.717, 1.165) is 11.3 Å². The first-order valence-corrected chi connectivity index (χ1v) is 6.89. The van der Waals surface area contributed by atoms with Crippen molar-refractivity contribution in [2.75, 3.05) is 12.4 Å². The van der Waals surface area contributed by atoms with E-state index in [1.165, 1.54) is 11.8 Å². The Morgan fingerprint density at radius 3 is 3.00 bits per heavy atom. The molecule has 2 rings (SSSR count). The third kappa shape index (κ3) is 3.48. The van der Waals surface area contributed by atoms with Crippen molar-refractivity contribution < 1.29 is 9.15 Å². The van der Waals surface area contributed by atoms with E-state index in [1.807, 2.05) is 31.2 Å². The molecule has 0 fully saturated rings. The van der Waals surface area contributed by atoms with E-state index in [9.17, 15) is 0 Å². The van der Waals surface area contributed by atoms with Crippen molar-refractivity contribution >= 4 is 11.8 Å². The molecule has 0 spiro atoms. The van der Waals surface area contributed by atoms with Crippen molar-refractivity contribution in [2.24, 2.45) is 0 Å². The van der Waals surface area contributed by atoms with E-state index in [1.54, 1.807) is 0 Å². The van der Waals surface area contributed by atoms with Gasteiger partial charge in [-0.3, -0.25) is 0 Å². The van der Waals surface area contributed by atoms with Gasteiger partial charge >= 0.3 is 0 Å². The molecule has 0 atom stereocenters. The Kier molecular flexibility index (Phi) is 4.81. The Labute approximate surface area is 115 Å². The maximum absolute atomic E-state index is 8.48. The van der Waals surface area contributed by atoms with E-state index in [2.05, 4.69) is 16.3 Å². The molecule has 98 valence electrons. The van der Waals surface area contributed by atoms with Gasteiger partial charge in [-0.2, -0.15) is 5.26 Å². The van der Waals surface area contributed by atoms with Gasteiger partial charge in [0.05, 0.1) is 18.2 Å². The van der Waals surface area contributed by atoms with Crippen molar-refractivity contribution in [1.82, 2.24) is 10.2 Å². The maximum Gasteiger partial charge on any atom is 0.276 e. The standard InChI is InChI=1S/C13H13N3O2S/c1-2-17-11-7-4-3-6-10(11)12-15-16-13(18-12)19-9-5-8-14/h3-4,6-7H,2,5,9H2,1H3. The van der Waals surface area contributed by atoms with E-state index >= 15 is 0 Å². The molecule has 0 saturated carbocycles. The zero-order valence-corrected chi connectivity index (χ0v) is 11.3. The van der Waals surface area contributed by atoms with E-state index in [-0.39, 0.29) is 0 Å². The monoisotopic (exact) mass is 275 g/mol. The molecule has 1 heterocycles. The number of ether oxygens (including phenoxy) is 1. The lowest BCUT2D eigenvalue weighted by atomic mass is 10.2. The molecule has 1 aromatic heterocycles. The lowest BCUT2D eigenvalue weighted by Crippen LogP contribution is -1.93. The molecule has 0 saturated heterocycles. The Morgan fingerprint density at radius 1 is 1.37 bits per heavy atom. The molecule has 19 heavy (non-hydrogen) atoms. The van der Waals surface area contributed by atoms with Gasteiger partial charge in [-0.05, 0) is 19.1 Å². The number of hydrogen-bond donors (Lipinski definition) is 0. The molecule has 0 radical (unpaired) electrons. The summed E-state index contributed by atoms with van der Waals surface area (Å²) in [4.78, 5) is 0. The summed E-state index contributed by atoms with van der Waals surface area (Å²) in [6, 6.07) is 9.61. The third-order valence-electron chi connectivity index (χ3n) is 2.26. The first-order chi connectivity index (χ1) is 9.35. The van der Waals surface area contributed by atoms with Gasteiger partial charge in [0.15, 0.2) is 0 Å². The van der Waals surface area contributed by atoms with Gasteiger partial charge in [0, 0.05) is 12.2 Å². The molecule has 5 nitrogen and oxygen atoms in total.